The van der Waals surface area contributed by atoms with Crippen molar-refractivity contribution >= 4 is 40.0 Å². The molecule has 0 bridgehead atoms. The quantitative estimate of drug-likeness (QED) is 0.347. The number of anilines is 4. The topological polar surface area (TPSA) is 88.6 Å². The molecule has 3 aromatic carbocycles. The molecule has 8 nitrogen and oxygen atoms in total. The Kier molecular flexibility index (Phi) is 6.40. The first-order valence-corrected chi connectivity index (χ1v) is 11.7. The van der Waals surface area contributed by atoms with Crippen molar-refractivity contribution < 1.29 is 14.3 Å². The van der Waals surface area contributed by atoms with Crippen LogP contribution in [0.25, 0.3) is 10.9 Å². The predicted molar refractivity (Wildman–Crippen MR) is 142 cm³/mol. The van der Waals surface area contributed by atoms with Gasteiger partial charge in [0.2, 0.25) is 5.95 Å². The van der Waals surface area contributed by atoms with E-state index in [0.29, 0.717) is 48.5 Å². The average Bonchev–Trinajstić information content (AvgIpc) is 2.91. The van der Waals surface area contributed by atoms with Crippen molar-refractivity contribution in [1.29, 1.82) is 0 Å². The summed E-state index contributed by atoms with van der Waals surface area (Å²) in [5.41, 5.74) is 3.80. The Balaban J connectivity index is 1.50. The van der Waals surface area contributed by atoms with Gasteiger partial charge < -0.3 is 25.0 Å². The highest BCUT2D eigenvalue weighted by Crippen LogP contribution is 2.37. The maximum absolute atomic E-state index is 12.0. The summed E-state index contributed by atoms with van der Waals surface area (Å²) in [5.74, 6) is 2.52. The number of nitrogens with zero attached hydrogens (tertiary/aromatic N) is 3. The van der Waals surface area contributed by atoms with Crippen molar-refractivity contribution in [3.8, 4) is 11.5 Å². The lowest BCUT2D eigenvalue weighted by Crippen LogP contribution is -2.30. The molecule has 182 valence electrons. The number of methoxy groups -OCH3 is 1. The lowest BCUT2D eigenvalue weighted by atomic mass is 10.1. The maximum Gasteiger partial charge on any atom is 0.250 e. The predicted octanol–water partition coefficient (Wildman–Crippen LogP) is 5.30. The van der Waals surface area contributed by atoms with Gasteiger partial charge >= 0.3 is 0 Å². The van der Waals surface area contributed by atoms with Crippen LogP contribution >= 0.6 is 0 Å². The van der Waals surface area contributed by atoms with E-state index in [2.05, 4.69) is 22.1 Å². The number of carbonyl (C=O) groups is 1. The van der Waals surface area contributed by atoms with Crippen LogP contribution in [0.1, 0.15) is 12.5 Å². The number of rotatable bonds is 7. The molecule has 0 atom stereocenters. The zero-order valence-electron chi connectivity index (χ0n) is 20.2. The number of para-hydroxylation sites is 3. The van der Waals surface area contributed by atoms with Crippen LogP contribution in [0.3, 0.4) is 0 Å². The third-order valence-electron chi connectivity index (χ3n) is 5.90. The van der Waals surface area contributed by atoms with Crippen molar-refractivity contribution in [2.24, 2.45) is 0 Å². The van der Waals surface area contributed by atoms with E-state index >= 15 is 0 Å². The molecule has 2 N–H and O–H groups in total. The summed E-state index contributed by atoms with van der Waals surface area (Å²) in [6.45, 7) is 7.04. The number of hydrogen-bond donors (Lipinski definition) is 2. The minimum absolute atomic E-state index is 0.204. The van der Waals surface area contributed by atoms with Gasteiger partial charge in [0, 0.05) is 23.2 Å². The average molecular weight is 482 g/mol. The Hall–Kier alpha value is -4.59. The largest absolute Gasteiger partial charge is 0.494 e. The molecule has 36 heavy (non-hydrogen) atoms. The molecule has 0 saturated carbocycles. The molecule has 1 aromatic heterocycles. The van der Waals surface area contributed by atoms with Crippen LogP contribution in [0.15, 0.2) is 78.9 Å². The Labute approximate surface area is 209 Å². The summed E-state index contributed by atoms with van der Waals surface area (Å²) in [6, 6.07) is 21.3. The first kappa shape index (κ1) is 23.2. The molecule has 0 spiro atoms. The van der Waals surface area contributed by atoms with Crippen molar-refractivity contribution in [3.63, 3.8) is 0 Å². The Morgan fingerprint density at radius 1 is 1.11 bits per heavy atom. The SMILES string of the molecule is C=C(C)C(=O)Nc1cccc(CNc2nc(N3CCOc4ccccc43)nc3c(OC)cccc23)c1. The minimum Gasteiger partial charge on any atom is -0.494 e. The van der Waals surface area contributed by atoms with Gasteiger partial charge in [-0.15, -0.1) is 0 Å². The summed E-state index contributed by atoms with van der Waals surface area (Å²) in [7, 11) is 1.64. The number of fused-ring (bicyclic) bond motifs is 2. The molecule has 1 aliphatic rings. The third kappa shape index (κ3) is 4.65. The third-order valence-corrected chi connectivity index (χ3v) is 5.90. The summed E-state index contributed by atoms with van der Waals surface area (Å²) < 4.78 is 11.4. The second kappa shape index (κ2) is 9.95. The van der Waals surface area contributed by atoms with Crippen LogP contribution in [0.4, 0.5) is 23.1 Å². The Bertz CT molecular complexity index is 1450. The molecule has 8 heteroatoms. The van der Waals surface area contributed by atoms with Crippen LogP contribution in [-0.2, 0) is 11.3 Å². The lowest BCUT2D eigenvalue weighted by molar-refractivity contribution is -0.112. The molecule has 1 amide bonds. The van der Waals surface area contributed by atoms with Gasteiger partial charge in [-0.3, -0.25) is 4.79 Å². The number of nitrogens with one attached hydrogen (secondary N) is 2. The summed E-state index contributed by atoms with van der Waals surface area (Å²) in [5, 5.41) is 7.18. The highest BCUT2D eigenvalue weighted by molar-refractivity contribution is 6.02. The van der Waals surface area contributed by atoms with Crippen LogP contribution in [0, 0.1) is 0 Å². The fraction of sp³-hybridized carbons (Fsp3) is 0.179. The zero-order valence-corrected chi connectivity index (χ0v) is 20.2. The second-order valence-corrected chi connectivity index (χ2v) is 8.48. The van der Waals surface area contributed by atoms with Gasteiger partial charge in [-0.05, 0) is 48.9 Å². The first-order chi connectivity index (χ1) is 17.5. The van der Waals surface area contributed by atoms with Crippen LogP contribution in [-0.4, -0.2) is 36.1 Å². The van der Waals surface area contributed by atoms with Crippen LogP contribution < -0.4 is 25.0 Å². The zero-order chi connectivity index (χ0) is 25.1. The van der Waals surface area contributed by atoms with Crippen molar-refractivity contribution in [2.75, 3.05) is 35.8 Å². The molecule has 0 unspecified atom stereocenters. The van der Waals surface area contributed by atoms with E-state index < -0.39 is 0 Å². The number of carbonyl (C=O) groups excluding carboxylic acids is 1. The van der Waals surface area contributed by atoms with Crippen LogP contribution in [0.2, 0.25) is 0 Å². The van der Waals surface area contributed by atoms with E-state index in [1.165, 1.54) is 0 Å². The van der Waals surface area contributed by atoms with Crippen molar-refractivity contribution in [1.82, 2.24) is 9.97 Å². The molecular formula is C28H27N5O3. The molecule has 1 aliphatic heterocycles. The van der Waals surface area contributed by atoms with E-state index in [4.69, 9.17) is 19.4 Å². The van der Waals surface area contributed by atoms with Crippen molar-refractivity contribution in [2.45, 2.75) is 13.5 Å². The number of aromatic nitrogens is 2. The fourth-order valence-corrected chi connectivity index (χ4v) is 4.09. The molecule has 4 aromatic rings. The van der Waals surface area contributed by atoms with E-state index in [1.807, 2.05) is 66.7 Å². The number of hydrogen-bond acceptors (Lipinski definition) is 7. The standard InChI is InChI=1S/C28H27N5O3/c1-18(2)27(34)30-20-9-6-8-19(16-20)17-29-26-21-10-7-13-24(35-3)25(21)31-28(32-26)33-14-15-36-23-12-5-4-11-22(23)33/h4-13,16H,1,14-15,17H2,2-3H3,(H,30,34)(H,29,31,32). The van der Waals surface area contributed by atoms with Gasteiger partial charge in [0.15, 0.2) is 0 Å². The lowest BCUT2D eigenvalue weighted by Gasteiger charge is -2.30. The molecule has 0 saturated heterocycles. The number of ether oxygens (including phenoxy) is 2. The minimum atomic E-state index is -0.204. The summed E-state index contributed by atoms with van der Waals surface area (Å²) >= 11 is 0. The Morgan fingerprint density at radius 2 is 1.94 bits per heavy atom. The van der Waals surface area contributed by atoms with Crippen molar-refractivity contribution in [3.05, 3.63) is 84.4 Å². The summed E-state index contributed by atoms with van der Waals surface area (Å²) in [6.07, 6.45) is 0. The number of amides is 1. The molecule has 5 rings (SSSR count). The van der Waals surface area contributed by atoms with E-state index in [9.17, 15) is 4.79 Å². The van der Waals surface area contributed by atoms with E-state index in [1.54, 1.807) is 14.0 Å². The monoisotopic (exact) mass is 481 g/mol. The normalized spacial score (nSPS) is 12.4. The molecule has 0 aliphatic carbocycles. The van der Waals surface area contributed by atoms with Gasteiger partial charge in [-0.2, -0.15) is 4.98 Å². The van der Waals surface area contributed by atoms with Gasteiger partial charge in [0.1, 0.15) is 29.4 Å². The van der Waals surface area contributed by atoms with Gasteiger partial charge in [-0.1, -0.05) is 36.9 Å². The molecule has 0 radical (unpaired) electrons. The molecule has 2 heterocycles. The van der Waals surface area contributed by atoms with Gasteiger partial charge in [0.25, 0.3) is 5.91 Å². The van der Waals surface area contributed by atoms with Gasteiger partial charge in [-0.25, -0.2) is 4.98 Å². The summed E-state index contributed by atoms with van der Waals surface area (Å²) in [4.78, 5) is 23.9. The number of benzene rings is 3. The molecule has 0 fully saturated rings. The maximum atomic E-state index is 12.0. The highest BCUT2D eigenvalue weighted by Gasteiger charge is 2.23. The smallest absolute Gasteiger partial charge is 0.250 e. The highest BCUT2D eigenvalue weighted by atomic mass is 16.5. The second-order valence-electron chi connectivity index (χ2n) is 8.48. The first-order valence-electron chi connectivity index (χ1n) is 11.7. The fourth-order valence-electron chi connectivity index (χ4n) is 4.09. The van der Waals surface area contributed by atoms with Crippen LogP contribution in [0.5, 0.6) is 11.5 Å². The van der Waals surface area contributed by atoms with E-state index in [0.717, 1.165) is 27.9 Å². The van der Waals surface area contributed by atoms with E-state index in [-0.39, 0.29) is 5.91 Å². The van der Waals surface area contributed by atoms with Gasteiger partial charge in [0.05, 0.1) is 19.3 Å². The molecular weight excluding hydrogens is 454 g/mol. The Morgan fingerprint density at radius 3 is 2.78 bits per heavy atom.